The molecule has 2 aromatic rings. The minimum atomic E-state index is 0.539. The van der Waals surface area contributed by atoms with Crippen molar-refractivity contribution in [2.75, 3.05) is 18.9 Å². The Balaban J connectivity index is 1.63. The zero-order chi connectivity index (χ0) is 15.1. The molecule has 0 heterocycles. The maximum absolute atomic E-state index is 5.86. The van der Waals surface area contributed by atoms with Gasteiger partial charge in [0.25, 0.3) is 0 Å². The Bertz CT molecular complexity index is 587. The summed E-state index contributed by atoms with van der Waals surface area (Å²) in [7, 11) is 0. The van der Waals surface area contributed by atoms with Crippen LogP contribution in [0.2, 0.25) is 5.02 Å². The van der Waals surface area contributed by atoms with Crippen molar-refractivity contribution in [1.82, 2.24) is 0 Å². The summed E-state index contributed by atoms with van der Waals surface area (Å²) >= 11 is 5.86. The van der Waals surface area contributed by atoms with Gasteiger partial charge in [0.15, 0.2) is 0 Å². The smallest absolute Gasteiger partial charge is 0.121 e. The number of unbranched alkanes of at least 4 members (excludes halogenated alkanes) is 1. The number of rotatable bonds is 7. The average Bonchev–Trinajstić information content (AvgIpc) is 2.46. The van der Waals surface area contributed by atoms with Crippen molar-refractivity contribution in [3.8, 4) is 11.5 Å². The van der Waals surface area contributed by atoms with Crippen molar-refractivity contribution in [3.05, 3.63) is 53.1 Å². The van der Waals surface area contributed by atoms with Crippen LogP contribution in [0.1, 0.15) is 18.4 Å². The molecule has 3 nitrogen and oxygen atoms in total. The fraction of sp³-hybridized carbons (Fsp3) is 0.294. The van der Waals surface area contributed by atoms with Crippen molar-refractivity contribution >= 4 is 17.3 Å². The van der Waals surface area contributed by atoms with Crippen LogP contribution in [0, 0.1) is 6.92 Å². The maximum Gasteiger partial charge on any atom is 0.121 e. The Kier molecular flexibility index (Phi) is 5.76. The molecule has 2 rings (SSSR count). The number of nitrogen functional groups attached to an aromatic ring is 1. The molecule has 0 aromatic heterocycles. The quantitative estimate of drug-likeness (QED) is 0.606. The second kappa shape index (κ2) is 7.79. The maximum atomic E-state index is 5.86. The van der Waals surface area contributed by atoms with E-state index in [0.717, 1.165) is 24.3 Å². The van der Waals surface area contributed by atoms with Crippen LogP contribution in [-0.4, -0.2) is 13.2 Å². The van der Waals surface area contributed by atoms with Crippen molar-refractivity contribution < 1.29 is 9.47 Å². The topological polar surface area (TPSA) is 44.5 Å². The molecule has 0 atom stereocenters. The average molecular weight is 306 g/mol. The van der Waals surface area contributed by atoms with Gasteiger partial charge in [0.05, 0.1) is 23.9 Å². The molecule has 4 heteroatoms. The van der Waals surface area contributed by atoms with Crippen molar-refractivity contribution in [3.63, 3.8) is 0 Å². The van der Waals surface area contributed by atoms with Crippen LogP contribution in [0.5, 0.6) is 11.5 Å². The van der Waals surface area contributed by atoms with Crippen LogP contribution in [-0.2, 0) is 0 Å². The minimum absolute atomic E-state index is 0.539. The van der Waals surface area contributed by atoms with E-state index in [9.17, 15) is 0 Å². The highest BCUT2D eigenvalue weighted by molar-refractivity contribution is 6.33. The molecule has 112 valence electrons. The predicted molar refractivity (Wildman–Crippen MR) is 87.3 cm³/mol. The molecule has 0 aliphatic heterocycles. The van der Waals surface area contributed by atoms with E-state index in [4.69, 9.17) is 26.8 Å². The Hall–Kier alpha value is -1.87. The summed E-state index contributed by atoms with van der Waals surface area (Å²) in [6.45, 7) is 3.38. The minimum Gasteiger partial charge on any atom is -0.494 e. The van der Waals surface area contributed by atoms with Gasteiger partial charge in [-0.05, 0) is 49.6 Å². The van der Waals surface area contributed by atoms with Gasteiger partial charge in [-0.1, -0.05) is 23.7 Å². The van der Waals surface area contributed by atoms with Gasteiger partial charge < -0.3 is 15.2 Å². The summed E-state index contributed by atoms with van der Waals surface area (Å²) < 4.78 is 11.3. The summed E-state index contributed by atoms with van der Waals surface area (Å²) in [5.41, 5.74) is 7.46. The van der Waals surface area contributed by atoms with Crippen LogP contribution in [0.25, 0.3) is 0 Å². The molecule has 21 heavy (non-hydrogen) atoms. The molecule has 0 aliphatic rings. The summed E-state index contributed by atoms with van der Waals surface area (Å²) in [6, 6.07) is 13.4. The van der Waals surface area contributed by atoms with E-state index in [1.54, 1.807) is 12.1 Å². The molecule has 0 saturated carbocycles. The zero-order valence-corrected chi connectivity index (χ0v) is 12.9. The Morgan fingerprint density at radius 2 is 1.62 bits per heavy atom. The van der Waals surface area contributed by atoms with Gasteiger partial charge in [0, 0.05) is 6.07 Å². The number of anilines is 1. The predicted octanol–water partition coefficient (Wildman–Crippen LogP) is 4.47. The van der Waals surface area contributed by atoms with Gasteiger partial charge in [0.1, 0.15) is 11.5 Å². The number of nitrogens with two attached hydrogens (primary N) is 1. The number of aryl methyl sites for hydroxylation is 1. The molecule has 0 radical (unpaired) electrons. The first-order valence-electron chi connectivity index (χ1n) is 7.02. The van der Waals surface area contributed by atoms with Crippen LogP contribution in [0.3, 0.4) is 0 Å². The highest BCUT2D eigenvalue weighted by atomic mass is 35.5. The van der Waals surface area contributed by atoms with E-state index in [1.807, 2.05) is 24.3 Å². The van der Waals surface area contributed by atoms with Gasteiger partial charge in [-0.3, -0.25) is 0 Å². The van der Waals surface area contributed by atoms with E-state index in [2.05, 4.69) is 13.0 Å². The van der Waals surface area contributed by atoms with Gasteiger partial charge in [-0.15, -0.1) is 0 Å². The lowest BCUT2D eigenvalue weighted by Gasteiger charge is -2.09. The monoisotopic (exact) mass is 305 g/mol. The molecule has 0 bridgehead atoms. The highest BCUT2D eigenvalue weighted by Crippen LogP contribution is 2.23. The third-order valence-corrected chi connectivity index (χ3v) is 3.38. The number of hydrogen-bond acceptors (Lipinski definition) is 3. The lowest BCUT2D eigenvalue weighted by molar-refractivity contribution is 0.266. The Labute approximate surface area is 130 Å². The van der Waals surface area contributed by atoms with E-state index in [0.29, 0.717) is 23.9 Å². The lowest BCUT2D eigenvalue weighted by atomic mass is 10.2. The third-order valence-electron chi connectivity index (χ3n) is 3.03. The van der Waals surface area contributed by atoms with E-state index in [-0.39, 0.29) is 0 Å². The van der Waals surface area contributed by atoms with Crippen molar-refractivity contribution in [2.24, 2.45) is 0 Å². The number of hydrogen-bond donors (Lipinski definition) is 1. The van der Waals surface area contributed by atoms with Crippen LogP contribution >= 0.6 is 11.6 Å². The fourth-order valence-electron chi connectivity index (χ4n) is 1.90. The molecule has 0 fully saturated rings. The molecule has 2 N–H and O–H groups in total. The largest absolute Gasteiger partial charge is 0.494 e. The standard InChI is InChI=1S/C17H20ClNO2/c1-13-5-4-6-14(11-13)20-9-2-3-10-21-15-7-8-16(18)17(19)12-15/h4-8,11-12H,2-3,9-10,19H2,1H3. The van der Waals surface area contributed by atoms with E-state index < -0.39 is 0 Å². The first-order chi connectivity index (χ1) is 10.1. The van der Waals surface area contributed by atoms with Crippen LogP contribution < -0.4 is 15.2 Å². The summed E-state index contributed by atoms with van der Waals surface area (Å²) in [6.07, 6.45) is 1.87. The summed E-state index contributed by atoms with van der Waals surface area (Å²) in [5.74, 6) is 1.66. The van der Waals surface area contributed by atoms with E-state index >= 15 is 0 Å². The normalized spacial score (nSPS) is 10.4. The first kappa shape index (κ1) is 15.5. The highest BCUT2D eigenvalue weighted by Gasteiger charge is 1.99. The molecule has 0 spiro atoms. The lowest BCUT2D eigenvalue weighted by Crippen LogP contribution is -2.03. The molecule has 0 aliphatic carbocycles. The fourth-order valence-corrected chi connectivity index (χ4v) is 2.02. The van der Waals surface area contributed by atoms with Gasteiger partial charge in [-0.25, -0.2) is 0 Å². The summed E-state index contributed by atoms with van der Waals surface area (Å²) in [5, 5.41) is 0.550. The second-order valence-corrected chi connectivity index (χ2v) is 5.31. The SMILES string of the molecule is Cc1cccc(OCCCCOc2ccc(Cl)c(N)c2)c1. The number of benzene rings is 2. The number of ether oxygens (including phenoxy) is 2. The zero-order valence-electron chi connectivity index (χ0n) is 12.1. The molecule has 0 unspecified atom stereocenters. The van der Waals surface area contributed by atoms with Crippen LogP contribution in [0.15, 0.2) is 42.5 Å². The second-order valence-electron chi connectivity index (χ2n) is 4.90. The molecule has 0 amide bonds. The van der Waals surface area contributed by atoms with Gasteiger partial charge in [0.2, 0.25) is 0 Å². The summed E-state index contributed by atoms with van der Waals surface area (Å²) in [4.78, 5) is 0. The molecular weight excluding hydrogens is 286 g/mol. The Morgan fingerprint density at radius 3 is 2.24 bits per heavy atom. The molecule has 2 aromatic carbocycles. The van der Waals surface area contributed by atoms with Crippen molar-refractivity contribution in [1.29, 1.82) is 0 Å². The van der Waals surface area contributed by atoms with Crippen LogP contribution in [0.4, 0.5) is 5.69 Å². The Morgan fingerprint density at radius 1 is 0.952 bits per heavy atom. The number of halogens is 1. The van der Waals surface area contributed by atoms with Crippen molar-refractivity contribution in [2.45, 2.75) is 19.8 Å². The first-order valence-corrected chi connectivity index (χ1v) is 7.40. The molecular formula is C17H20ClNO2. The third kappa shape index (κ3) is 5.20. The molecule has 0 saturated heterocycles. The van der Waals surface area contributed by atoms with E-state index in [1.165, 1.54) is 5.56 Å². The van der Waals surface area contributed by atoms with Gasteiger partial charge in [-0.2, -0.15) is 0 Å². The van der Waals surface area contributed by atoms with Gasteiger partial charge >= 0.3 is 0 Å².